The number of para-hydroxylation sites is 1. The number of hydrogen-bond donors (Lipinski definition) is 1. The molecule has 0 fully saturated rings. The van der Waals surface area contributed by atoms with Crippen molar-refractivity contribution in [3.63, 3.8) is 0 Å². The van der Waals surface area contributed by atoms with Gasteiger partial charge in [-0.05, 0) is 48.4 Å². The van der Waals surface area contributed by atoms with E-state index < -0.39 is 21.7 Å². The molecule has 0 bridgehead atoms. The highest BCUT2D eigenvalue weighted by Gasteiger charge is 2.32. The van der Waals surface area contributed by atoms with E-state index in [1.165, 1.54) is 16.4 Å². The van der Waals surface area contributed by atoms with E-state index in [9.17, 15) is 13.2 Å². The first-order chi connectivity index (χ1) is 15.2. The maximum atomic E-state index is 13.3. The van der Waals surface area contributed by atoms with Gasteiger partial charge < -0.3 is 14.8 Å². The van der Waals surface area contributed by atoms with E-state index in [0.29, 0.717) is 35.8 Å². The molecule has 164 valence electrons. The van der Waals surface area contributed by atoms with E-state index in [4.69, 9.17) is 9.47 Å². The molecule has 2 aliphatic rings. The highest BCUT2D eigenvalue weighted by Crippen LogP contribution is 2.40. The Morgan fingerprint density at radius 1 is 0.969 bits per heavy atom. The van der Waals surface area contributed by atoms with Crippen molar-refractivity contribution >= 4 is 27.3 Å². The number of amides is 1. The Morgan fingerprint density at radius 2 is 1.75 bits per heavy atom. The molecular weight excluding hydrogens is 428 g/mol. The Bertz CT molecular complexity index is 1330. The van der Waals surface area contributed by atoms with E-state index in [-0.39, 0.29) is 10.5 Å². The number of fused-ring (bicyclic) bond motifs is 2. The monoisotopic (exact) mass is 450 g/mol. The topological polar surface area (TPSA) is 84.9 Å². The van der Waals surface area contributed by atoms with Gasteiger partial charge in [0.05, 0.1) is 10.6 Å². The molecule has 0 aliphatic carbocycles. The lowest BCUT2D eigenvalue weighted by atomic mass is 10.2. The van der Waals surface area contributed by atoms with Gasteiger partial charge in [-0.3, -0.25) is 9.10 Å². The first-order valence-electron chi connectivity index (χ1n) is 10.3. The van der Waals surface area contributed by atoms with Gasteiger partial charge in [-0.2, -0.15) is 0 Å². The summed E-state index contributed by atoms with van der Waals surface area (Å²) in [5.74, 6) is -0.0345. The minimum absolute atomic E-state index is 0.0780. The van der Waals surface area contributed by atoms with Gasteiger partial charge >= 0.3 is 0 Å². The van der Waals surface area contributed by atoms with Gasteiger partial charge in [0, 0.05) is 37.7 Å². The second-order valence-corrected chi connectivity index (χ2v) is 10.1. The van der Waals surface area contributed by atoms with Gasteiger partial charge in [0.2, 0.25) is 5.79 Å². The summed E-state index contributed by atoms with van der Waals surface area (Å²) >= 11 is 0. The van der Waals surface area contributed by atoms with Gasteiger partial charge in [-0.25, -0.2) is 8.42 Å². The summed E-state index contributed by atoms with van der Waals surface area (Å²) in [6, 6.07) is 18.7. The van der Waals surface area contributed by atoms with Crippen molar-refractivity contribution < 1.29 is 22.7 Å². The summed E-state index contributed by atoms with van der Waals surface area (Å²) in [6.45, 7) is 3.98. The molecule has 3 aromatic carbocycles. The number of hydrogen-bond acceptors (Lipinski definition) is 5. The Kier molecular flexibility index (Phi) is 4.63. The van der Waals surface area contributed by atoms with E-state index in [1.54, 1.807) is 50.2 Å². The van der Waals surface area contributed by atoms with Crippen LogP contribution in [0.4, 0.5) is 11.4 Å². The van der Waals surface area contributed by atoms with Gasteiger partial charge in [0.25, 0.3) is 15.9 Å². The first kappa shape index (κ1) is 20.4. The standard InChI is InChI=1S/C24H22N2O5S/c1-24(2)30-21-11-10-18(15-22(21)31-24)25-23(27)17-7-5-8-19(14-17)32(28,29)26-13-12-16-6-3-4-9-20(16)26/h3-11,14-15H,12-13H2,1-2H3,(H,25,27). The molecule has 0 radical (unpaired) electrons. The van der Waals surface area contributed by atoms with Crippen LogP contribution in [-0.2, 0) is 16.4 Å². The molecule has 2 aliphatic heterocycles. The highest BCUT2D eigenvalue weighted by molar-refractivity contribution is 7.92. The third kappa shape index (κ3) is 3.56. The number of nitrogens with zero attached hydrogens (tertiary/aromatic N) is 1. The van der Waals surface area contributed by atoms with Crippen molar-refractivity contribution in [3.8, 4) is 11.5 Å². The lowest BCUT2D eigenvalue weighted by molar-refractivity contribution is -0.0431. The predicted octanol–water partition coefficient (Wildman–Crippen LogP) is 4.20. The molecule has 2 heterocycles. The molecule has 1 N–H and O–H groups in total. The number of carbonyl (C=O) groups is 1. The van der Waals surface area contributed by atoms with Crippen molar-refractivity contribution in [3.05, 3.63) is 77.9 Å². The van der Waals surface area contributed by atoms with Crippen LogP contribution in [0.25, 0.3) is 0 Å². The smallest absolute Gasteiger partial charge is 0.264 e. The zero-order valence-corrected chi connectivity index (χ0v) is 18.5. The predicted molar refractivity (Wildman–Crippen MR) is 121 cm³/mol. The number of anilines is 2. The van der Waals surface area contributed by atoms with Crippen LogP contribution in [0.1, 0.15) is 29.8 Å². The van der Waals surface area contributed by atoms with Crippen LogP contribution in [0.5, 0.6) is 11.5 Å². The van der Waals surface area contributed by atoms with Crippen LogP contribution in [0.3, 0.4) is 0 Å². The van der Waals surface area contributed by atoms with Crippen molar-refractivity contribution in [2.75, 3.05) is 16.2 Å². The largest absolute Gasteiger partial charge is 0.449 e. The third-order valence-corrected chi connectivity index (χ3v) is 7.25. The maximum Gasteiger partial charge on any atom is 0.264 e. The van der Waals surface area contributed by atoms with Crippen LogP contribution in [0.2, 0.25) is 0 Å². The fraction of sp³-hybridized carbons (Fsp3) is 0.208. The molecule has 3 aromatic rings. The number of sulfonamides is 1. The summed E-state index contributed by atoms with van der Waals surface area (Å²) in [5, 5.41) is 2.80. The third-order valence-electron chi connectivity index (χ3n) is 5.44. The first-order valence-corrected chi connectivity index (χ1v) is 11.7. The zero-order chi connectivity index (χ0) is 22.5. The Hall–Kier alpha value is -3.52. The molecular formula is C24H22N2O5S. The van der Waals surface area contributed by atoms with E-state index in [1.807, 2.05) is 18.2 Å². The molecule has 0 atom stereocenters. The number of benzene rings is 3. The molecule has 8 heteroatoms. The van der Waals surface area contributed by atoms with E-state index >= 15 is 0 Å². The van der Waals surface area contributed by atoms with Crippen LogP contribution in [0, 0.1) is 0 Å². The van der Waals surface area contributed by atoms with Crippen molar-refractivity contribution in [2.45, 2.75) is 31.0 Å². The molecule has 5 rings (SSSR count). The summed E-state index contributed by atoms with van der Waals surface area (Å²) in [5.41, 5.74) is 2.45. The maximum absolute atomic E-state index is 13.3. The van der Waals surface area contributed by atoms with Gasteiger partial charge in [-0.1, -0.05) is 24.3 Å². The minimum Gasteiger partial charge on any atom is -0.449 e. The average molecular weight is 451 g/mol. The van der Waals surface area contributed by atoms with Crippen LogP contribution < -0.4 is 19.1 Å². The molecule has 32 heavy (non-hydrogen) atoms. The molecule has 0 saturated heterocycles. The zero-order valence-electron chi connectivity index (χ0n) is 17.7. The summed E-state index contributed by atoms with van der Waals surface area (Å²) in [7, 11) is -3.79. The molecule has 7 nitrogen and oxygen atoms in total. The van der Waals surface area contributed by atoms with Crippen LogP contribution in [-0.4, -0.2) is 26.7 Å². The summed E-state index contributed by atoms with van der Waals surface area (Å²) < 4.78 is 39.3. The fourth-order valence-electron chi connectivity index (χ4n) is 3.99. The Morgan fingerprint density at radius 3 is 2.59 bits per heavy atom. The van der Waals surface area contributed by atoms with Crippen LogP contribution >= 0.6 is 0 Å². The van der Waals surface area contributed by atoms with Crippen LogP contribution in [0.15, 0.2) is 71.6 Å². The number of rotatable bonds is 4. The molecule has 0 saturated carbocycles. The highest BCUT2D eigenvalue weighted by atomic mass is 32.2. The van der Waals surface area contributed by atoms with Gasteiger partial charge in [-0.15, -0.1) is 0 Å². The molecule has 0 aromatic heterocycles. The minimum atomic E-state index is -3.79. The quantitative estimate of drug-likeness (QED) is 0.644. The normalized spacial score (nSPS) is 16.0. The SMILES string of the molecule is CC1(C)Oc2ccc(NC(=O)c3cccc(S(=O)(=O)N4CCc5ccccc54)c3)cc2O1. The number of nitrogens with one attached hydrogen (secondary N) is 1. The lowest BCUT2D eigenvalue weighted by Crippen LogP contribution is -2.29. The second-order valence-electron chi connectivity index (χ2n) is 8.20. The van der Waals surface area contributed by atoms with Gasteiger partial charge in [0.1, 0.15) is 0 Å². The van der Waals surface area contributed by atoms with E-state index in [0.717, 1.165) is 5.56 Å². The molecule has 0 unspecified atom stereocenters. The summed E-state index contributed by atoms with van der Waals surface area (Å²) in [6.07, 6.45) is 0.663. The Labute approximate surface area is 186 Å². The Balaban J connectivity index is 1.38. The second kappa shape index (κ2) is 7.27. The average Bonchev–Trinajstić information content (AvgIpc) is 3.33. The molecule has 1 amide bonds. The van der Waals surface area contributed by atoms with Crippen molar-refractivity contribution in [1.82, 2.24) is 0 Å². The lowest BCUT2D eigenvalue weighted by Gasteiger charge is -2.20. The van der Waals surface area contributed by atoms with Crippen molar-refractivity contribution in [2.24, 2.45) is 0 Å². The number of carbonyl (C=O) groups excluding carboxylic acids is 1. The van der Waals surface area contributed by atoms with Crippen molar-refractivity contribution in [1.29, 1.82) is 0 Å². The van der Waals surface area contributed by atoms with Gasteiger partial charge in [0.15, 0.2) is 11.5 Å². The molecule has 0 spiro atoms. The summed E-state index contributed by atoms with van der Waals surface area (Å²) in [4.78, 5) is 12.9. The fourth-order valence-corrected chi connectivity index (χ4v) is 5.54. The van der Waals surface area contributed by atoms with E-state index in [2.05, 4.69) is 5.32 Å². The number of ether oxygens (including phenoxy) is 2.